The normalized spacial score (nSPS) is 12.1. The minimum atomic E-state index is -0.259. The van der Waals surface area contributed by atoms with Gasteiger partial charge in [-0.25, -0.2) is 5.43 Å². The molecule has 1 amide bonds. The molecular formula is C17H18N2O2. The summed E-state index contributed by atoms with van der Waals surface area (Å²) in [6, 6.07) is 16.9. The summed E-state index contributed by atoms with van der Waals surface area (Å²) in [5.74, 6) is 0.520. The Kier molecular flexibility index (Phi) is 5.10. The molecule has 1 N–H and O–H groups in total. The van der Waals surface area contributed by atoms with Crippen molar-refractivity contribution in [2.45, 2.75) is 12.8 Å². The van der Waals surface area contributed by atoms with E-state index in [-0.39, 0.29) is 11.8 Å². The molecule has 2 aromatic carbocycles. The summed E-state index contributed by atoms with van der Waals surface area (Å²) < 4.78 is 5.09. The van der Waals surface area contributed by atoms with Gasteiger partial charge in [0, 0.05) is 17.7 Å². The molecule has 4 nitrogen and oxygen atoms in total. The maximum atomic E-state index is 12.0. The fourth-order valence-corrected chi connectivity index (χ4v) is 1.88. The zero-order chi connectivity index (χ0) is 15.1. The van der Waals surface area contributed by atoms with E-state index >= 15 is 0 Å². The van der Waals surface area contributed by atoms with Crippen LogP contribution in [0.2, 0.25) is 0 Å². The number of hydrogen-bond acceptors (Lipinski definition) is 3. The van der Waals surface area contributed by atoms with Crippen LogP contribution < -0.4 is 10.2 Å². The predicted molar refractivity (Wildman–Crippen MR) is 83.8 cm³/mol. The summed E-state index contributed by atoms with van der Waals surface area (Å²) in [5.41, 5.74) is 4.19. The van der Waals surface area contributed by atoms with Gasteiger partial charge >= 0.3 is 0 Å². The molecule has 0 unspecified atom stereocenters. The fraction of sp³-hybridized carbons (Fsp3) is 0.176. The Labute approximate surface area is 124 Å². The van der Waals surface area contributed by atoms with Crippen LogP contribution in [0.4, 0.5) is 0 Å². The van der Waals surface area contributed by atoms with E-state index in [4.69, 9.17) is 4.74 Å². The average Bonchev–Trinajstić information content (AvgIpc) is 2.55. The van der Waals surface area contributed by atoms with Crippen LogP contribution in [-0.4, -0.2) is 19.2 Å². The Hall–Kier alpha value is -2.62. The van der Waals surface area contributed by atoms with Gasteiger partial charge in [-0.15, -0.1) is 0 Å². The summed E-state index contributed by atoms with van der Waals surface area (Å²) >= 11 is 0. The molecule has 0 spiro atoms. The number of carbonyl (C=O) groups excluding carboxylic acids is 1. The van der Waals surface area contributed by atoms with Crippen molar-refractivity contribution < 1.29 is 9.53 Å². The lowest BCUT2D eigenvalue weighted by Crippen LogP contribution is -2.18. The first-order valence-corrected chi connectivity index (χ1v) is 6.73. The van der Waals surface area contributed by atoms with E-state index in [0.29, 0.717) is 11.3 Å². The van der Waals surface area contributed by atoms with Gasteiger partial charge in [-0.2, -0.15) is 5.10 Å². The van der Waals surface area contributed by atoms with Gasteiger partial charge in [-0.05, 0) is 23.8 Å². The third-order valence-electron chi connectivity index (χ3n) is 3.12. The first-order valence-electron chi connectivity index (χ1n) is 6.73. The smallest absolute Gasteiger partial charge is 0.271 e. The maximum Gasteiger partial charge on any atom is 0.271 e. The van der Waals surface area contributed by atoms with E-state index in [1.165, 1.54) is 0 Å². The quantitative estimate of drug-likeness (QED) is 0.676. The highest BCUT2D eigenvalue weighted by Gasteiger charge is 2.06. The molecule has 0 saturated carbocycles. The molecule has 108 valence electrons. The van der Waals surface area contributed by atoms with E-state index in [0.717, 1.165) is 5.56 Å². The topological polar surface area (TPSA) is 50.7 Å². The van der Waals surface area contributed by atoms with Crippen molar-refractivity contribution in [2.24, 2.45) is 5.10 Å². The Morgan fingerprint density at radius 2 is 1.95 bits per heavy atom. The highest BCUT2D eigenvalue weighted by molar-refractivity contribution is 5.94. The number of nitrogens with one attached hydrogen (secondary N) is 1. The Morgan fingerprint density at radius 3 is 2.67 bits per heavy atom. The molecule has 0 heterocycles. The van der Waals surface area contributed by atoms with Gasteiger partial charge < -0.3 is 4.74 Å². The van der Waals surface area contributed by atoms with Crippen LogP contribution in [0.1, 0.15) is 28.8 Å². The molecule has 2 aromatic rings. The molecule has 0 aliphatic carbocycles. The summed E-state index contributed by atoms with van der Waals surface area (Å²) in [5, 5.41) is 4.01. The second-order valence-corrected chi connectivity index (χ2v) is 4.65. The third-order valence-corrected chi connectivity index (χ3v) is 3.12. The monoisotopic (exact) mass is 282 g/mol. The number of rotatable bonds is 5. The van der Waals surface area contributed by atoms with E-state index in [1.807, 2.05) is 37.3 Å². The Bertz CT molecular complexity index is 624. The van der Waals surface area contributed by atoms with Crippen molar-refractivity contribution in [2.75, 3.05) is 7.11 Å². The summed E-state index contributed by atoms with van der Waals surface area (Å²) in [4.78, 5) is 12.0. The highest BCUT2D eigenvalue weighted by atomic mass is 16.5. The summed E-state index contributed by atoms with van der Waals surface area (Å²) in [6.07, 6.45) is 1.72. The number of nitrogens with zero attached hydrogens (tertiary/aromatic N) is 1. The number of hydrogen-bond donors (Lipinski definition) is 1. The van der Waals surface area contributed by atoms with Crippen molar-refractivity contribution >= 4 is 12.1 Å². The second kappa shape index (κ2) is 7.24. The number of ether oxygens (including phenoxy) is 1. The molecule has 0 radical (unpaired) electrons. The van der Waals surface area contributed by atoms with Crippen molar-refractivity contribution in [3.8, 4) is 5.75 Å². The largest absolute Gasteiger partial charge is 0.497 e. The molecule has 0 bridgehead atoms. The van der Waals surface area contributed by atoms with Gasteiger partial charge in [0.15, 0.2) is 0 Å². The molecule has 21 heavy (non-hydrogen) atoms. The van der Waals surface area contributed by atoms with Gasteiger partial charge in [0.2, 0.25) is 0 Å². The average molecular weight is 282 g/mol. The van der Waals surface area contributed by atoms with Crippen molar-refractivity contribution in [3.05, 3.63) is 65.7 Å². The zero-order valence-corrected chi connectivity index (χ0v) is 12.1. The van der Waals surface area contributed by atoms with Crippen LogP contribution in [0.5, 0.6) is 5.75 Å². The van der Waals surface area contributed by atoms with E-state index in [2.05, 4.69) is 10.5 Å². The standard InChI is InChI=1S/C17H18N2O2/c1-13(14-7-4-3-5-8-14)12-18-19-17(20)15-9-6-10-16(11-15)21-2/h3-13H,1-2H3,(H,19,20)/b18-12-/t13-/m1/s1. The summed E-state index contributed by atoms with van der Waals surface area (Å²) in [7, 11) is 1.57. The minimum absolute atomic E-state index is 0.136. The molecule has 0 aromatic heterocycles. The van der Waals surface area contributed by atoms with E-state index in [9.17, 15) is 4.79 Å². The van der Waals surface area contributed by atoms with Crippen LogP contribution >= 0.6 is 0 Å². The number of benzene rings is 2. The maximum absolute atomic E-state index is 12.0. The lowest BCUT2D eigenvalue weighted by atomic mass is 10.0. The molecule has 4 heteroatoms. The molecule has 0 aliphatic rings. The molecule has 2 rings (SSSR count). The first-order chi connectivity index (χ1) is 10.2. The molecule has 0 saturated heterocycles. The number of amides is 1. The van der Waals surface area contributed by atoms with Gasteiger partial charge in [0.1, 0.15) is 5.75 Å². The molecule has 0 aliphatic heterocycles. The van der Waals surface area contributed by atoms with Crippen LogP contribution in [0.25, 0.3) is 0 Å². The Balaban J connectivity index is 1.95. The highest BCUT2D eigenvalue weighted by Crippen LogP contribution is 2.13. The predicted octanol–water partition coefficient (Wildman–Crippen LogP) is 3.21. The number of carbonyl (C=O) groups is 1. The van der Waals surface area contributed by atoms with Crippen LogP contribution in [0.15, 0.2) is 59.7 Å². The lowest BCUT2D eigenvalue weighted by Gasteiger charge is -2.06. The summed E-state index contributed by atoms with van der Waals surface area (Å²) in [6.45, 7) is 2.02. The minimum Gasteiger partial charge on any atom is -0.497 e. The van der Waals surface area contributed by atoms with Crippen molar-refractivity contribution in [1.29, 1.82) is 0 Å². The lowest BCUT2D eigenvalue weighted by molar-refractivity contribution is 0.0954. The fourth-order valence-electron chi connectivity index (χ4n) is 1.88. The van der Waals surface area contributed by atoms with Crippen LogP contribution in [0.3, 0.4) is 0 Å². The molecule has 0 fully saturated rings. The first kappa shape index (κ1) is 14.8. The molecule has 1 atom stereocenters. The van der Waals surface area contributed by atoms with Gasteiger partial charge in [-0.3, -0.25) is 4.79 Å². The molecular weight excluding hydrogens is 264 g/mol. The second-order valence-electron chi connectivity index (χ2n) is 4.65. The van der Waals surface area contributed by atoms with Crippen LogP contribution in [-0.2, 0) is 0 Å². The van der Waals surface area contributed by atoms with Gasteiger partial charge in [-0.1, -0.05) is 43.3 Å². The van der Waals surface area contributed by atoms with Gasteiger partial charge in [0.05, 0.1) is 7.11 Å². The SMILES string of the molecule is COc1cccc(C(=O)N/N=C\[C@@H](C)c2ccccc2)c1. The Morgan fingerprint density at radius 1 is 1.19 bits per heavy atom. The van der Waals surface area contributed by atoms with Crippen molar-refractivity contribution in [1.82, 2.24) is 5.43 Å². The number of hydrazone groups is 1. The van der Waals surface area contributed by atoms with Gasteiger partial charge in [0.25, 0.3) is 5.91 Å². The zero-order valence-electron chi connectivity index (χ0n) is 12.1. The van der Waals surface area contributed by atoms with E-state index < -0.39 is 0 Å². The van der Waals surface area contributed by atoms with Crippen molar-refractivity contribution in [3.63, 3.8) is 0 Å². The number of methoxy groups -OCH3 is 1. The third kappa shape index (κ3) is 4.18. The van der Waals surface area contributed by atoms with Crippen LogP contribution in [0, 0.1) is 0 Å². The van der Waals surface area contributed by atoms with E-state index in [1.54, 1.807) is 37.6 Å².